The summed E-state index contributed by atoms with van der Waals surface area (Å²) in [7, 11) is 1.36. The van der Waals surface area contributed by atoms with E-state index in [2.05, 4.69) is 5.32 Å². The number of alkyl halides is 2. The van der Waals surface area contributed by atoms with E-state index in [4.69, 9.17) is 4.74 Å². The molecule has 1 saturated carbocycles. The minimum atomic E-state index is -2.35. The molecule has 1 aliphatic carbocycles. The van der Waals surface area contributed by atoms with Gasteiger partial charge in [0, 0.05) is 19.1 Å². The van der Waals surface area contributed by atoms with Crippen LogP contribution in [0.4, 0.5) is 13.6 Å². The monoisotopic (exact) mass is 276 g/mol. The highest BCUT2D eigenvalue weighted by Gasteiger charge is 2.34. The Labute approximate surface area is 112 Å². The molecule has 0 aromatic rings. The third kappa shape index (κ3) is 4.60. The molecule has 2 unspecified atom stereocenters. The fraction of sp³-hybridized carbons (Fsp3) is 0.923. The number of amides is 1. The number of carbonyl (C=O) groups is 1. The first-order valence-electron chi connectivity index (χ1n) is 6.93. The van der Waals surface area contributed by atoms with Gasteiger partial charge in [-0.15, -0.1) is 0 Å². The van der Waals surface area contributed by atoms with Gasteiger partial charge in [0.1, 0.15) is 0 Å². The Hall–Kier alpha value is -0.910. The average molecular weight is 276 g/mol. The number of halogens is 2. The topological polar surface area (TPSA) is 41.6 Å². The van der Waals surface area contributed by atoms with Crippen LogP contribution in [0.1, 0.15) is 25.7 Å². The molecule has 110 valence electrons. The lowest BCUT2D eigenvalue weighted by molar-refractivity contribution is 0.0810. The zero-order valence-corrected chi connectivity index (χ0v) is 11.3. The van der Waals surface area contributed by atoms with Crippen molar-refractivity contribution in [2.24, 2.45) is 11.8 Å². The number of hydrogen-bond acceptors (Lipinski definition) is 3. The van der Waals surface area contributed by atoms with E-state index in [1.54, 1.807) is 4.90 Å². The van der Waals surface area contributed by atoms with Crippen LogP contribution in [-0.4, -0.2) is 50.2 Å². The molecule has 2 atom stereocenters. The quantitative estimate of drug-likeness (QED) is 0.836. The van der Waals surface area contributed by atoms with Gasteiger partial charge >= 0.3 is 6.09 Å². The largest absolute Gasteiger partial charge is 0.453 e. The SMILES string of the molecule is COC(=O)N1CC(CC2CC2)CC(NCC(F)F)C1. The molecule has 6 heteroatoms. The molecule has 19 heavy (non-hydrogen) atoms. The van der Waals surface area contributed by atoms with Crippen LogP contribution >= 0.6 is 0 Å². The standard InChI is InChI=1S/C13H22F2N2O2/c1-19-13(18)17-7-10(4-9-2-3-9)5-11(8-17)16-6-12(14)15/h9-12,16H,2-8H2,1H3. The third-order valence-corrected chi connectivity index (χ3v) is 3.89. The van der Waals surface area contributed by atoms with E-state index in [9.17, 15) is 13.6 Å². The number of methoxy groups -OCH3 is 1. The third-order valence-electron chi connectivity index (χ3n) is 3.89. The molecular formula is C13H22F2N2O2. The van der Waals surface area contributed by atoms with Gasteiger partial charge in [0.15, 0.2) is 0 Å². The molecule has 1 N–H and O–H groups in total. The number of ether oxygens (including phenoxy) is 1. The predicted octanol–water partition coefficient (Wildman–Crippen LogP) is 2.10. The molecule has 1 heterocycles. The summed E-state index contributed by atoms with van der Waals surface area (Å²) in [4.78, 5) is 13.3. The average Bonchev–Trinajstić information content (AvgIpc) is 3.19. The summed E-state index contributed by atoms with van der Waals surface area (Å²) >= 11 is 0. The molecule has 0 aromatic carbocycles. The summed E-state index contributed by atoms with van der Waals surface area (Å²) in [6.07, 6.45) is 1.80. The van der Waals surface area contributed by atoms with Crippen molar-refractivity contribution in [1.29, 1.82) is 0 Å². The number of rotatable bonds is 5. The molecule has 2 aliphatic rings. The van der Waals surface area contributed by atoms with Crippen molar-refractivity contribution in [3.8, 4) is 0 Å². The van der Waals surface area contributed by atoms with Crippen LogP contribution in [0.5, 0.6) is 0 Å². The van der Waals surface area contributed by atoms with E-state index in [0.717, 1.165) is 18.8 Å². The van der Waals surface area contributed by atoms with Gasteiger partial charge in [-0.3, -0.25) is 0 Å². The fourth-order valence-electron chi connectivity index (χ4n) is 2.88. The summed E-state index contributed by atoms with van der Waals surface area (Å²) in [5.41, 5.74) is 0. The summed E-state index contributed by atoms with van der Waals surface area (Å²) in [5, 5.41) is 2.85. The van der Waals surface area contributed by atoms with Crippen LogP contribution in [-0.2, 0) is 4.74 Å². The maximum atomic E-state index is 12.3. The van der Waals surface area contributed by atoms with Crippen LogP contribution < -0.4 is 5.32 Å². The molecule has 0 spiro atoms. The molecule has 1 aliphatic heterocycles. The highest BCUT2D eigenvalue weighted by molar-refractivity contribution is 5.67. The van der Waals surface area contributed by atoms with Gasteiger partial charge in [-0.25, -0.2) is 13.6 Å². The van der Waals surface area contributed by atoms with Crippen molar-refractivity contribution in [3.63, 3.8) is 0 Å². The van der Waals surface area contributed by atoms with E-state index in [0.29, 0.717) is 19.0 Å². The van der Waals surface area contributed by atoms with Gasteiger partial charge in [0.05, 0.1) is 13.7 Å². The van der Waals surface area contributed by atoms with Crippen molar-refractivity contribution in [1.82, 2.24) is 10.2 Å². The molecule has 0 radical (unpaired) electrons. The highest BCUT2D eigenvalue weighted by Crippen LogP contribution is 2.37. The van der Waals surface area contributed by atoms with Crippen LogP contribution in [0.2, 0.25) is 0 Å². The Morgan fingerprint density at radius 3 is 2.68 bits per heavy atom. The van der Waals surface area contributed by atoms with Crippen molar-refractivity contribution in [2.45, 2.75) is 38.2 Å². The van der Waals surface area contributed by atoms with E-state index in [1.807, 2.05) is 0 Å². The molecule has 0 aromatic heterocycles. The number of nitrogens with zero attached hydrogens (tertiary/aromatic N) is 1. The molecule has 1 saturated heterocycles. The minimum absolute atomic E-state index is 0.0504. The number of hydrogen-bond donors (Lipinski definition) is 1. The first kappa shape index (κ1) is 14.5. The Morgan fingerprint density at radius 1 is 1.37 bits per heavy atom. The first-order chi connectivity index (χ1) is 9.08. The Morgan fingerprint density at radius 2 is 2.11 bits per heavy atom. The Balaban J connectivity index is 1.88. The fourth-order valence-corrected chi connectivity index (χ4v) is 2.88. The van der Waals surface area contributed by atoms with Gasteiger partial charge in [0.25, 0.3) is 6.43 Å². The number of piperidine rings is 1. The molecule has 2 rings (SSSR count). The minimum Gasteiger partial charge on any atom is -0.453 e. The lowest BCUT2D eigenvalue weighted by Crippen LogP contribution is -2.52. The molecule has 0 bridgehead atoms. The summed E-state index contributed by atoms with van der Waals surface area (Å²) in [5.74, 6) is 1.17. The normalized spacial score (nSPS) is 27.7. The smallest absolute Gasteiger partial charge is 0.409 e. The summed E-state index contributed by atoms with van der Waals surface area (Å²) < 4.78 is 29.3. The van der Waals surface area contributed by atoms with Gasteiger partial charge < -0.3 is 15.0 Å². The highest BCUT2D eigenvalue weighted by atomic mass is 19.3. The zero-order chi connectivity index (χ0) is 13.8. The first-order valence-corrected chi connectivity index (χ1v) is 6.93. The lowest BCUT2D eigenvalue weighted by atomic mass is 9.90. The Bertz CT molecular complexity index is 311. The van der Waals surface area contributed by atoms with Gasteiger partial charge in [-0.2, -0.15) is 0 Å². The summed E-state index contributed by atoms with van der Waals surface area (Å²) in [6.45, 7) is 0.840. The molecule has 2 fully saturated rings. The van der Waals surface area contributed by atoms with Gasteiger partial charge in [0.2, 0.25) is 0 Å². The van der Waals surface area contributed by atoms with E-state index >= 15 is 0 Å². The van der Waals surface area contributed by atoms with Gasteiger partial charge in [-0.05, 0) is 24.7 Å². The number of likely N-dealkylation sites (tertiary alicyclic amines) is 1. The maximum Gasteiger partial charge on any atom is 0.409 e. The van der Waals surface area contributed by atoms with Gasteiger partial charge in [-0.1, -0.05) is 12.8 Å². The molecule has 4 nitrogen and oxygen atoms in total. The van der Waals surface area contributed by atoms with Crippen molar-refractivity contribution in [3.05, 3.63) is 0 Å². The van der Waals surface area contributed by atoms with E-state index in [-0.39, 0.29) is 18.7 Å². The number of carbonyl (C=O) groups excluding carboxylic acids is 1. The van der Waals surface area contributed by atoms with E-state index in [1.165, 1.54) is 20.0 Å². The van der Waals surface area contributed by atoms with Crippen molar-refractivity contribution in [2.75, 3.05) is 26.7 Å². The second kappa shape index (κ2) is 6.50. The van der Waals surface area contributed by atoms with E-state index < -0.39 is 6.43 Å². The molecule has 1 amide bonds. The van der Waals surface area contributed by atoms with Crippen LogP contribution in [0.25, 0.3) is 0 Å². The number of nitrogens with one attached hydrogen (secondary N) is 1. The lowest BCUT2D eigenvalue weighted by Gasteiger charge is -2.37. The van der Waals surface area contributed by atoms with Crippen molar-refractivity contribution < 1.29 is 18.3 Å². The summed E-state index contributed by atoms with van der Waals surface area (Å²) in [6, 6.07) is -0.0504. The maximum absolute atomic E-state index is 12.3. The molecular weight excluding hydrogens is 254 g/mol. The van der Waals surface area contributed by atoms with Crippen molar-refractivity contribution >= 4 is 6.09 Å². The predicted molar refractivity (Wildman–Crippen MR) is 67.2 cm³/mol. The Kier molecular flexibility index (Phi) is 4.96. The van der Waals surface area contributed by atoms with Crippen LogP contribution in [0.3, 0.4) is 0 Å². The second-order valence-corrected chi connectivity index (χ2v) is 5.65. The second-order valence-electron chi connectivity index (χ2n) is 5.65. The van der Waals surface area contributed by atoms with Crippen LogP contribution in [0.15, 0.2) is 0 Å². The zero-order valence-electron chi connectivity index (χ0n) is 11.3. The van der Waals surface area contributed by atoms with Crippen LogP contribution in [0, 0.1) is 11.8 Å².